The molecule has 12 rings (SSSR count). The molecule has 0 aromatic heterocycles. The zero-order chi connectivity index (χ0) is 40.3. The van der Waals surface area contributed by atoms with Crippen molar-refractivity contribution in [3.8, 4) is 33.4 Å². The molecule has 2 heteroatoms. The maximum atomic E-state index is 2.50. The first kappa shape index (κ1) is 35.0. The Hall–Kier alpha value is -7.94. The fourth-order valence-corrected chi connectivity index (χ4v) is 10.3. The van der Waals surface area contributed by atoms with Crippen LogP contribution in [0.25, 0.3) is 44.2 Å². The smallest absolute Gasteiger partial charge is 0.0755 e. The predicted octanol–water partition coefficient (Wildman–Crippen LogP) is 15.8. The topological polar surface area (TPSA) is 6.48 Å². The van der Waals surface area contributed by atoms with Gasteiger partial charge >= 0.3 is 0 Å². The lowest BCUT2D eigenvalue weighted by Crippen LogP contribution is -2.36. The van der Waals surface area contributed by atoms with Gasteiger partial charge < -0.3 is 9.80 Å². The van der Waals surface area contributed by atoms with Gasteiger partial charge in [0.25, 0.3) is 0 Å². The van der Waals surface area contributed by atoms with Gasteiger partial charge in [0, 0.05) is 22.3 Å². The van der Waals surface area contributed by atoms with E-state index in [2.05, 4.69) is 252 Å². The third-order valence-electron chi connectivity index (χ3n) is 12.9. The predicted molar refractivity (Wildman–Crippen MR) is 255 cm³/mol. The molecular weight excluding hydrogens is 737 g/mol. The average molecular weight is 777 g/mol. The van der Waals surface area contributed by atoms with Crippen LogP contribution in [0.4, 0.5) is 34.1 Å². The van der Waals surface area contributed by atoms with Crippen LogP contribution < -0.4 is 9.80 Å². The number of hydrogen-bond acceptors (Lipinski definition) is 2. The summed E-state index contributed by atoms with van der Waals surface area (Å²) in [7, 11) is 0. The molecule has 0 unspecified atom stereocenters. The van der Waals surface area contributed by atoms with Crippen molar-refractivity contribution in [2.45, 2.75) is 5.41 Å². The summed E-state index contributed by atoms with van der Waals surface area (Å²) in [5.41, 5.74) is 18.8. The molecular formula is C59H40N2. The first-order valence-corrected chi connectivity index (χ1v) is 21.1. The van der Waals surface area contributed by atoms with E-state index in [1.54, 1.807) is 0 Å². The Balaban J connectivity index is 1.12. The number of anilines is 6. The lowest BCUT2D eigenvalue weighted by molar-refractivity contribution is 0.752. The van der Waals surface area contributed by atoms with Crippen LogP contribution in [0, 0.1) is 0 Å². The monoisotopic (exact) mass is 776 g/mol. The number of para-hydroxylation sites is 4. The minimum absolute atomic E-state index is 0.572. The number of hydrogen-bond donors (Lipinski definition) is 0. The highest BCUT2D eigenvalue weighted by molar-refractivity contribution is 6.02. The van der Waals surface area contributed by atoms with E-state index in [4.69, 9.17) is 0 Å². The molecule has 0 N–H and O–H groups in total. The summed E-state index contributed by atoms with van der Waals surface area (Å²) < 4.78 is 0. The number of benzene rings is 10. The number of nitrogens with zero attached hydrogens (tertiary/aromatic N) is 2. The Kier molecular flexibility index (Phi) is 8.11. The molecule has 1 spiro atoms. The van der Waals surface area contributed by atoms with Gasteiger partial charge in [-0.25, -0.2) is 0 Å². The average Bonchev–Trinajstić information content (AvgIpc) is 3.62. The Labute approximate surface area is 356 Å². The molecule has 10 aromatic carbocycles. The second-order valence-corrected chi connectivity index (χ2v) is 16.0. The first-order valence-electron chi connectivity index (χ1n) is 21.1. The van der Waals surface area contributed by atoms with E-state index in [1.807, 2.05) is 0 Å². The fraction of sp³-hybridized carbons (Fsp3) is 0.0169. The molecule has 286 valence electrons. The number of fused-ring (bicyclic) bond motifs is 10. The third-order valence-corrected chi connectivity index (χ3v) is 12.9. The molecule has 1 aliphatic carbocycles. The minimum atomic E-state index is -0.572. The molecule has 0 atom stereocenters. The highest BCUT2D eigenvalue weighted by atomic mass is 15.2. The van der Waals surface area contributed by atoms with Gasteiger partial charge in [0.2, 0.25) is 0 Å². The second-order valence-electron chi connectivity index (χ2n) is 16.0. The van der Waals surface area contributed by atoms with Gasteiger partial charge in [0.05, 0.1) is 28.2 Å². The van der Waals surface area contributed by atoms with Gasteiger partial charge in [-0.2, -0.15) is 0 Å². The summed E-state index contributed by atoms with van der Waals surface area (Å²) in [5, 5.41) is 2.40. The normalized spacial score (nSPS) is 13.0. The van der Waals surface area contributed by atoms with Crippen molar-refractivity contribution < 1.29 is 0 Å². The van der Waals surface area contributed by atoms with E-state index in [0.717, 1.165) is 22.7 Å². The summed E-state index contributed by atoms with van der Waals surface area (Å²) >= 11 is 0. The van der Waals surface area contributed by atoms with E-state index >= 15 is 0 Å². The Bertz CT molecular complexity index is 3210. The van der Waals surface area contributed by atoms with Crippen molar-refractivity contribution >= 4 is 44.9 Å². The SMILES string of the molecule is c1ccc(-c2ccc(-c3ccccc3N(c3ccc4c(c3)C3(c5ccccc5-4)c4ccccc4N(c4ccccc4)c4ccccc43)c3cccc4ccccc34)cc2)cc1. The Morgan fingerprint density at radius 2 is 0.852 bits per heavy atom. The molecule has 0 fully saturated rings. The molecule has 0 bridgehead atoms. The molecule has 0 saturated carbocycles. The van der Waals surface area contributed by atoms with E-state index in [-0.39, 0.29) is 0 Å². The lowest BCUT2D eigenvalue weighted by atomic mass is 9.64. The summed E-state index contributed by atoms with van der Waals surface area (Å²) in [5.74, 6) is 0. The van der Waals surface area contributed by atoms with Crippen LogP contribution in [0.3, 0.4) is 0 Å². The van der Waals surface area contributed by atoms with Crippen LogP contribution >= 0.6 is 0 Å². The highest BCUT2D eigenvalue weighted by Gasteiger charge is 2.51. The molecule has 10 aromatic rings. The molecule has 61 heavy (non-hydrogen) atoms. The van der Waals surface area contributed by atoms with Gasteiger partial charge in [0.15, 0.2) is 0 Å². The molecule has 0 saturated heterocycles. The maximum absolute atomic E-state index is 2.50. The largest absolute Gasteiger partial charge is 0.310 e. The molecule has 2 nitrogen and oxygen atoms in total. The zero-order valence-electron chi connectivity index (χ0n) is 33.5. The quantitative estimate of drug-likeness (QED) is 0.166. The van der Waals surface area contributed by atoms with Crippen molar-refractivity contribution in [2.24, 2.45) is 0 Å². The van der Waals surface area contributed by atoms with Gasteiger partial charge in [-0.3, -0.25) is 0 Å². The van der Waals surface area contributed by atoms with Crippen LogP contribution in [-0.4, -0.2) is 0 Å². The number of rotatable bonds is 6. The van der Waals surface area contributed by atoms with Crippen LogP contribution in [-0.2, 0) is 5.41 Å². The Morgan fingerprint density at radius 1 is 0.328 bits per heavy atom. The summed E-state index contributed by atoms with van der Waals surface area (Å²) in [4.78, 5) is 4.94. The highest BCUT2D eigenvalue weighted by Crippen LogP contribution is 2.64. The Morgan fingerprint density at radius 3 is 1.61 bits per heavy atom. The summed E-state index contributed by atoms with van der Waals surface area (Å²) in [6.07, 6.45) is 0. The van der Waals surface area contributed by atoms with E-state index < -0.39 is 5.41 Å². The molecule has 0 amide bonds. The third kappa shape index (κ3) is 5.36. The lowest BCUT2D eigenvalue weighted by Gasteiger charge is -2.45. The van der Waals surface area contributed by atoms with Crippen LogP contribution in [0.5, 0.6) is 0 Å². The standard InChI is InChI=1S/C59H40N2/c1-3-18-41(19-4-1)42-34-36-44(37-35-42)48-25-10-14-30-55(48)61(56-33-17-21-43-20-7-8-24-47(43)56)46-38-39-50-49-26-9-11-27-51(49)59(54(50)40-46)52-28-12-15-31-57(52)60(45-22-5-2-6-23-45)58-32-16-13-29-53(58)59/h1-40H. The van der Waals surface area contributed by atoms with Gasteiger partial charge in [-0.05, 0) is 104 Å². The van der Waals surface area contributed by atoms with E-state index in [1.165, 1.54) is 77.8 Å². The molecule has 1 aliphatic heterocycles. The van der Waals surface area contributed by atoms with Crippen molar-refractivity contribution in [1.29, 1.82) is 0 Å². The molecule has 2 aliphatic rings. The van der Waals surface area contributed by atoms with Gasteiger partial charge in [-0.1, -0.05) is 194 Å². The van der Waals surface area contributed by atoms with Crippen molar-refractivity contribution in [2.75, 3.05) is 9.80 Å². The summed E-state index contributed by atoms with van der Waals surface area (Å²) in [6, 6.07) is 89.1. The van der Waals surface area contributed by atoms with Crippen molar-refractivity contribution in [1.82, 2.24) is 0 Å². The summed E-state index contributed by atoms with van der Waals surface area (Å²) in [6.45, 7) is 0. The van der Waals surface area contributed by atoms with Crippen LogP contribution in [0.15, 0.2) is 243 Å². The molecule has 0 radical (unpaired) electrons. The zero-order valence-corrected chi connectivity index (χ0v) is 33.5. The second kappa shape index (κ2) is 14.1. The van der Waals surface area contributed by atoms with Gasteiger partial charge in [0.1, 0.15) is 0 Å². The maximum Gasteiger partial charge on any atom is 0.0755 e. The van der Waals surface area contributed by atoms with Crippen LogP contribution in [0.1, 0.15) is 22.3 Å². The molecule has 1 heterocycles. The van der Waals surface area contributed by atoms with E-state index in [0.29, 0.717) is 0 Å². The van der Waals surface area contributed by atoms with Crippen LogP contribution in [0.2, 0.25) is 0 Å². The van der Waals surface area contributed by atoms with Gasteiger partial charge in [-0.15, -0.1) is 0 Å². The van der Waals surface area contributed by atoms with Crippen molar-refractivity contribution in [3.05, 3.63) is 265 Å². The fourth-order valence-electron chi connectivity index (χ4n) is 10.3. The van der Waals surface area contributed by atoms with E-state index in [9.17, 15) is 0 Å². The minimum Gasteiger partial charge on any atom is -0.310 e. The van der Waals surface area contributed by atoms with Crippen molar-refractivity contribution in [3.63, 3.8) is 0 Å². The first-order chi connectivity index (χ1) is 30.3.